The molecule has 0 saturated heterocycles. The molecule has 0 bridgehead atoms. The summed E-state index contributed by atoms with van der Waals surface area (Å²) in [4.78, 5) is 15.6. The summed E-state index contributed by atoms with van der Waals surface area (Å²) >= 11 is 0. The number of rotatable bonds is 6. The average Bonchev–Trinajstić information content (AvgIpc) is 2.46. The number of carbonyl (C=O) groups is 1. The van der Waals surface area contributed by atoms with E-state index in [9.17, 15) is 4.79 Å². The van der Waals surface area contributed by atoms with Gasteiger partial charge in [-0.25, -0.2) is 0 Å². The van der Waals surface area contributed by atoms with Gasteiger partial charge < -0.3 is 15.8 Å². The predicted molar refractivity (Wildman–Crippen MR) is 77.3 cm³/mol. The number of benzene rings is 1. The number of aromatic nitrogens is 1. The van der Waals surface area contributed by atoms with Crippen molar-refractivity contribution in [2.24, 2.45) is 0 Å². The summed E-state index contributed by atoms with van der Waals surface area (Å²) in [5.74, 6) is 0.694. The van der Waals surface area contributed by atoms with Gasteiger partial charge in [0.2, 0.25) is 5.91 Å². The van der Waals surface area contributed by atoms with Gasteiger partial charge >= 0.3 is 0 Å². The van der Waals surface area contributed by atoms with Crippen LogP contribution in [0.4, 0.5) is 5.69 Å². The molecule has 2 aromatic rings. The summed E-state index contributed by atoms with van der Waals surface area (Å²) in [7, 11) is 0. The lowest BCUT2D eigenvalue weighted by atomic mass is 10.2. The second kappa shape index (κ2) is 7.13. The van der Waals surface area contributed by atoms with Crippen LogP contribution in [0.25, 0.3) is 0 Å². The van der Waals surface area contributed by atoms with E-state index in [1.165, 1.54) is 0 Å². The zero-order chi connectivity index (χ0) is 14.2. The molecule has 1 amide bonds. The first-order valence-corrected chi connectivity index (χ1v) is 6.38. The highest BCUT2D eigenvalue weighted by Crippen LogP contribution is 2.12. The van der Waals surface area contributed by atoms with E-state index in [1.807, 2.05) is 12.1 Å². The summed E-state index contributed by atoms with van der Waals surface area (Å²) < 4.78 is 5.48. The van der Waals surface area contributed by atoms with Crippen molar-refractivity contribution in [3.05, 3.63) is 54.4 Å². The highest BCUT2D eigenvalue weighted by atomic mass is 16.5. The van der Waals surface area contributed by atoms with Gasteiger partial charge in [-0.3, -0.25) is 9.78 Å². The quantitative estimate of drug-likeness (QED) is 0.615. The molecule has 0 aliphatic carbocycles. The van der Waals surface area contributed by atoms with Gasteiger partial charge in [0.25, 0.3) is 0 Å². The maximum absolute atomic E-state index is 11.7. The number of nitrogens with one attached hydrogen (secondary N) is 1. The van der Waals surface area contributed by atoms with E-state index in [2.05, 4.69) is 10.3 Å². The van der Waals surface area contributed by atoms with Crippen LogP contribution in [-0.4, -0.2) is 24.0 Å². The number of nitrogens with zero attached hydrogens (tertiary/aromatic N) is 1. The van der Waals surface area contributed by atoms with Crippen LogP contribution in [0, 0.1) is 0 Å². The Morgan fingerprint density at radius 3 is 2.75 bits per heavy atom. The van der Waals surface area contributed by atoms with Crippen molar-refractivity contribution in [3.8, 4) is 5.75 Å². The molecule has 5 nitrogen and oxygen atoms in total. The zero-order valence-electron chi connectivity index (χ0n) is 11.1. The maximum Gasteiger partial charge on any atom is 0.224 e. The van der Waals surface area contributed by atoms with Crippen LogP contribution < -0.4 is 15.8 Å². The maximum atomic E-state index is 11.7. The molecule has 20 heavy (non-hydrogen) atoms. The first-order valence-electron chi connectivity index (χ1n) is 6.38. The van der Waals surface area contributed by atoms with Gasteiger partial charge in [0.05, 0.1) is 13.0 Å². The van der Waals surface area contributed by atoms with Crippen molar-refractivity contribution in [3.63, 3.8) is 0 Å². The van der Waals surface area contributed by atoms with Crippen molar-refractivity contribution < 1.29 is 9.53 Å². The Morgan fingerprint density at radius 1 is 1.25 bits per heavy atom. The number of amides is 1. The van der Waals surface area contributed by atoms with Crippen molar-refractivity contribution in [1.82, 2.24) is 10.3 Å². The topological polar surface area (TPSA) is 77.2 Å². The molecule has 0 spiro atoms. The number of carbonyl (C=O) groups excluding carboxylic acids is 1. The van der Waals surface area contributed by atoms with E-state index < -0.39 is 0 Å². The van der Waals surface area contributed by atoms with E-state index in [-0.39, 0.29) is 5.91 Å². The van der Waals surface area contributed by atoms with Crippen LogP contribution in [-0.2, 0) is 11.2 Å². The zero-order valence-corrected chi connectivity index (χ0v) is 11.1. The third-order valence-corrected chi connectivity index (χ3v) is 2.66. The Morgan fingerprint density at radius 2 is 2.05 bits per heavy atom. The highest BCUT2D eigenvalue weighted by molar-refractivity contribution is 5.78. The van der Waals surface area contributed by atoms with Crippen molar-refractivity contribution >= 4 is 11.6 Å². The van der Waals surface area contributed by atoms with Crippen molar-refractivity contribution in [1.29, 1.82) is 0 Å². The van der Waals surface area contributed by atoms with Gasteiger partial charge in [-0.2, -0.15) is 0 Å². The highest BCUT2D eigenvalue weighted by Gasteiger charge is 2.02. The molecule has 5 heteroatoms. The molecule has 0 saturated carbocycles. The third-order valence-electron chi connectivity index (χ3n) is 2.66. The molecule has 1 heterocycles. The van der Waals surface area contributed by atoms with E-state index in [0.29, 0.717) is 25.3 Å². The minimum Gasteiger partial charge on any atom is -0.492 e. The fourth-order valence-corrected chi connectivity index (χ4v) is 1.67. The van der Waals surface area contributed by atoms with E-state index in [0.717, 1.165) is 11.3 Å². The number of hydrogen-bond donors (Lipinski definition) is 2. The molecule has 0 aliphatic rings. The van der Waals surface area contributed by atoms with Gasteiger partial charge in [-0.05, 0) is 35.9 Å². The molecule has 0 aliphatic heterocycles. The molecule has 1 aromatic carbocycles. The van der Waals surface area contributed by atoms with Crippen molar-refractivity contribution in [2.75, 3.05) is 18.9 Å². The molecule has 1 aromatic heterocycles. The van der Waals surface area contributed by atoms with Crippen LogP contribution in [0.1, 0.15) is 5.56 Å². The number of pyridine rings is 1. The third kappa shape index (κ3) is 4.61. The summed E-state index contributed by atoms with van der Waals surface area (Å²) in [5.41, 5.74) is 7.17. The van der Waals surface area contributed by atoms with E-state index in [1.54, 1.807) is 36.7 Å². The Kier molecular flexibility index (Phi) is 4.94. The standard InChI is InChI=1S/C15H17N3O2/c16-13-3-5-14(6-4-13)20-9-8-18-15(19)10-12-2-1-7-17-11-12/h1-7,11H,8-10,16H2,(H,18,19). The van der Waals surface area contributed by atoms with Crippen LogP contribution >= 0.6 is 0 Å². The Labute approximate surface area is 117 Å². The van der Waals surface area contributed by atoms with Gasteiger partial charge in [0, 0.05) is 18.1 Å². The second-order valence-corrected chi connectivity index (χ2v) is 4.31. The van der Waals surface area contributed by atoms with Gasteiger partial charge in [0.15, 0.2) is 0 Å². The largest absolute Gasteiger partial charge is 0.492 e. The number of hydrogen-bond acceptors (Lipinski definition) is 4. The molecule has 3 N–H and O–H groups in total. The first kappa shape index (κ1) is 13.9. The fraction of sp³-hybridized carbons (Fsp3) is 0.200. The summed E-state index contributed by atoms with van der Waals surface area (Å²) in [5, 5.41) is 2.80. The SMILES string of the molecule is Nc1ccc(OCCNC(=O)Cc2cccnc2)cc1. The van der Waals surface area contributed by atoms with Gasteiger partial charge in [0.1, 0.15) is 12.4 Å². The lowest BCUT2D eigenvalue weighted by Gasteiger charge is -2.08. The first-order chi connectivity index (χ1) is 9.74. The molecule has 0 fully saturated rings. The Bertz CT molecular complexity index is 541. The number of ether oxygens (including phenoxy) is 1. The fourth-order valence-electron chi connectivity index (χ4n) is 1.67. The Balaban J connectivity index is 1.66. The van der Waals surface area contributed by atoms with Crippen LogP contribution in [0.5, 0.6) is 5.75 Å². The number of nitrogen functional groups attached to an aromatic ring is 1. The molecule has 0 atom stereocenters. The van der Waals surface area contributed by atoms with Crippen LogP contribution in [0.3, 0.4) is 0 Å². The number of nitrogens with two attached hydrogens (primary N) is 1. The number of anilines is 1. The summed E-state index contributed by atoms with van der Waals surface area (Å²) in [6.07, 6.45) is 3.70. The van der Waals surface area contributed by atoms with E-state index in [4.69, 9.17) is 10.5 Å². The van der Waals surface area contributed by atoms with Crippen LogP contribution in [0.2, 0.25) is 0 Å². The summed E-state index contributed by atoms with van der Waals surface area (Å²) in [6, 6.07) is 10.8. The minimum atomic E-state index is -0.0427. The Hall–Kier alpha value is -2.56. The second-order valence-electron chi connectivity index (χ2n) is 4.31. The lowest BCUT2D eigenvalue weighted by molar-refractivity contribution is -0.120. The molecule has 0 radical (unpaired) electrons. The lowest BCUT2D eigenvalue weighted by Crippen LogP contribution is -2.29. The molecular formula is C15H17N3O2. The van der Waals surface area contributed by atoms with Gasteiger partial charge in [-0.15, -0.1) is 0 Å². The minimum absolute atomic E-state index is 0.0427. The van der Waals surface area contributed by atoms with Gasteiger partial charge in [-0.1, -0.05) is 6.07 Å². The summed E-state index contributed by atoms with van der Waals surface area (Å²) in [6.45, 7) is 0.881. The molecule has 0 unspecified atom stereocenters. The predicted octanol–water partition coefficient (Wildman–Crippen LogP) is 1.40. The average molecular weight is 271 g/mol. The van der Waals surface area contributed by atoms with Crippen LogP contribution in [0.15, 0.2) is 48.8 Å². The van der Waals surface area contributed by atoms with E-state index >= 15 is 0 Å². The normalized spacial score (nSPS) is 10.0. The molecule has 104 valence electrons. The molecular weight excluding hydrogens is 254 g/mol. The molecule has 2 rings (SSSR count). The monoisotopic (exact) mass is 271 g/mol. The van der Waals surface area contributed by atoms with Crippen molar-refractivity contribution in [2.45, 2.75) is 6.42 Å². The smallest absolute Gasteiger partial charge is 0.224 e.